The third-order valence-corrected chi connectivity index (χ3v) is 3.75. The summed E-state index contributed by atoms with van der Waals surface area (Å²) in [5, 5.41) is 13.0. The predicted octanol–water partition coefficient (Wildman–Crippen LogP) is 2.72. The first kappa shape index (κ1) is 28.7. The number of hydrogen-bond donors (Lipinski definition) is 3. The van der Waals surface area contributed by atoms with E-state index in [1.165, 1.54) is 19.2 Å². The van der Waals surface area contributed by atoms with Crippen molar-refractivity contribution in [2.75, 3.05) is 7.11 Å². The van der Waals surface area contributed by atoms with E-state index in [9.17, 15) is 19.2 Å². The second kappa shape index (κ2) is 13.9. The molecule has 11 nitrogen and oxygen atoms in total. The zero-order chi connectivity index (χ0) is 24.3. The molecule has 0 aliphatic carbocycles. The maximum absolute atomic E-state index is 11.4. The van der Waals surface area contributed by atoms with Crippen LogP contribution < -0.4 is 11.1 Å². The standard InChI is InChI=1S/C9H13NO4.C8H11NO4.Cl2OS/c1-5(2)8(9(12)13-3)6-4-7(11)10-14-6;1-4(2)7(8(11)12)5-3-6(10)9-13-5;1-4(2)3/h4-5,8H,1-3H3,(H,10,11);3-4,7H,1-2H3,(H,9,10)(H,11,12);. The number of aliphatic carboxylic acids is 1. The molecule has 14 heteroatoms. The van der Waals surface area contributed by atoms with Gasteiger partial charge >= 0.3 is 11.9 Å². The van der Waals surface area contributed by atoms with Gasteiger partial charge in [-0.15, -0.1) is 0 Å². The van der Waals surface area contributed by atoms with Gasteiger partial charge in [0, 0.05) is 33.5 Å². The van der Waals surface area contributed by atoms with Crippen molar-refractivity contribution < 1.29 is 32.7 Å². The number of carboxylic acids is 1. The number of aromatic amines is 2. The van der Waals surface area contributed by atoms with E-state index in [0.717, 1.165) is 0 Å². The van der Waals surface area contributed by atoms with E-state index in [1.54, 1.807) is 13.8 Å². The van der Waals surface area contributed by atoms with Gasteiger partial charge in [0.05, 0.1) is 7.11 Å². The smallest absolute Gasteiger partial charge is 0.316 e. The van der Waals surface area contributed by atoms with Crippen LogP contribution in [0.2, 0.25) is 0 Å². The van der Waals surface area contributed by atoms with Crippen molar-refractivity contribution in [2.24, 2.45) is 11.8 Å². The monoisotopic (exact) mass is 502 g/mol. The Labute approximate surface area is 188 Å². The zero-order valence-electron chi connectivity index (χ0n) is 17.3. The summed E-state index contributed by atoms with van der Waals surface area (Å²) in [7, 11) is 8.67. The van der Waals surface area contributed by atoms with Crippen molar-refractivity contribution in [1.29, 1.82) is 0 Å². The number of ether oxygens (including phenoxy) is 1. The quantitative estimate of drug-likeness (QED) is 0.396. The highest BCUT2D eigenvalue weighted by Crippen LogP contribution is 2.24. The van der Waals surface area contributed by atoms with Crippen molar-refractivity contribution in [3.63, 3.8) is 0 Å². The first-order chi connectivity index (χ1) is 14.3. The van der Waals surface area contributed by atoms with Crippen LogP contribution in [0.15, 0.2) is 30.8 Å². The second-order valence-electron chi connectivity index (χ2n) is 6.72. The fourth-order valence-electron chi connectivity index (χ4n) is 2.48. The lowest BCUT2D eigenvalue weighted by molar-refractivity contribution is -0.144. The minimum absolute atomic E-state index is 0.0152. The van der Waals surface area contributed by atoms with Crippen LogP contribution in [0, 0.1) is 11.8 Å². The largest absolute Gasteiger partial charge is 0.481 e. The van der Waals surface area contributed by atoms with Crippen LogP contribution in [0.5, 0.6) is 0 Å². The number of rotatable bonds is 6. The topological polar surface area (TPSA) is 173 Å². The number of esters is 1. The number of carbonyl (C=O) groups is 2. The highest BCUT2D eigenvalue weighted by atomic mass is 36.0. The van der Waals surface area contributed by atoms with Gasteiger partial charge in [0.25, 0.3) is 11.1 Å². The maximum Gasteiger partial charge on any atom is 0.316 e. The molecule has 0 saturated heterocycles. The number of nitrogens with one attached hydrogen (secondary N) is 2. The highest BCUT2D eigenvalue weighted by molar-refractivity contribution is 8.26. The van der Waals surface area contributed by atoms with Gasteiger partial charge in [-0.25, -0.2) is 4.21 Å². The Morgan fingerprint density at radius 3 is 1.55 bits per heavy atom. The van der Waals surface area contributed by atoms with E-state index in [-0.39, 0.29) is 23.2 Å². The summed E-state index contributed by atoms with van der Waals surface area (Å²) in [5.41, 5.74) is -0.767. The molecule has 3 N–H and O–H groups in total. The SMILES string of the molecule is CC(C)C(C(=O)O)c1cc(=O)[nH]o1.COC(=O)C(c1cc(=O)[nH]o1)C(C)C.O=S(Cl)Cl. The molecule has 0 spiro atoms. The molecule has 0 saturated carbocycles. The fourth-order valence-corrected chi connectivity index (χ4v) is 2.48. The molecule has 2 atom stereocenters. The fraction of sp³-hybridized carbons (Fsp3) is 0.529. The van der Waals surface area contributed by atoms with E-state index < -0.39 is 38.6 Å². The Morgan fingerprint density at radius 2 is 1.32 bits per heavy atom. The summed E-state index contributed by atoms with van der Waals surface area (Å²) in [4.78, 5) is 43.7. The van der Waals surface area contributed by atoms with E-state index in [0.29, 0.717) is 5.76 Å². The van der Waals surface area contributed by atoms with Gasteiger partial charge in [0.2, 0.25) is 9.23 Å². The second-order valence-corrected chi connectivity index (χ2v) is 9.24. The van der Waals surface area contributed by atoms with Crippen molar-refractivity contribution in [1.82, 2.24) is 10.3 Å². The third-order valence-electron chi connectivity index (χ3n) is 3.75. The molecule has 0 aliphatic heterocycles. The lowest BCUT2D eigenvalue weighted by Gasteiger charge is -2.14. The summed E-state index contributed by atoms with van der Waals surface area (Å²) >= 11 is 0. The molecule has 2 heterocycles. The number of halogens is 2. The van der Waals surface area contributed by atoms with Gasteiger partial charge in [-0.3, -0.25) is 19.2 Å². The number of hydrogen-bond acceptors (Lipinski definition) is 8. The van der Waals surface area contributed by atoms with Crippen molar-refractivity contribution in [3.8, 4) is 0 Å². The summed E-state index contributed by atoms with van der Waals surface area (Å²) in [6, 6.07) is 2.43. The van der Waals surface area contributed by atoms with Crippen LogP contribution >= 0.6 is 21.4 Å². The molecule has 0 aliphatic rings. The highest BCUT2D eigenvalue weighted by Gasteiger charge is 2.29. The summed E-state index contributed by atoms with van der Waals surface area (Å²) in [5.74, 6) is -2.29. The summed E-state index contributed by atoms with van der Waals surface area (Å²) in [6.45, 7) is 7.22. The predicted molar refractivity (Wildman–Crippen MR) is 113 cm³/mol. The first-order valence-electron chi connectivity index (χ1n) is 8.73. The Balaban J connectivity index is 0.000000497. The van der Waals surface area contributed by atoms with Crippen LogP contribution in [-0.4, -0.2) is 38.7 Å². The molecule has 176 valence electrons. The number of aromatic nitrogens is 2. The Morgan fingerprint density at radius 1 is 0.968 bits per heavy atom. The number of carboxylic acid groups (broad SMARTS) is 1. The average molecular weight is 503 g/mol. The molecular formula is C17H24Cl2N2O9S. The molecule has 0 amide bonds. The first-order valence-corrected chi connectivity index (χ1v) is 11.5. The lowest BCUT2D eigenvalue weighted by Crippen LogP contribution is -2.19. The molecule has 0 radical (unpaired) electrons. The van der Waals surface area contributed by atoms with Crippen molar-refractivity contribution in [2.45, 2.75) is 39.5 Å². The van der Waals surface area contributed by atoms with Crippen LogP contribution in [0.3, 0.4) is 0 Å². The minimum atomic E-state index is -1.67. The minimum Gasteiger partial charge on any atom is -0.481 e. The zero-order valence-corrected chi connectivity index (χ0v) is 19.7. The average Bonchev–Trinajstić information content (AvgIpc) is 3.22. The van der Waals surface area contributed by atoms with E-state index >= 15 is 0 Å². The molecule has 31 heavy (non-hydrogen) atoms. The van der Waals surface area contributed by atoms with Gasteiger partial charge in [0.1, 0.15) is 11.8 Å². The molecule has 2 aromatic rings. The molecule has 0 bridgehead atoms. The van der Waals surface area contributed by atoms with Gasteiger partial charge in [-0.05, 0) is 11.8 Å². The molecule has 2 aromatic heterocycles. The van der Waals surface area contributed by atoms with E-state index in [4.69, 9.17) is 18.4 Å². The van der Waals surface area contributed by atoms with Crippen LogP contribution in [-0.2, 0) is 23.6 Å². The Bertz CT molecular complexity index is 957. The normalized spacial score (nSPS) is 12.5. The van der Waals surface area contributed by atoms with E-state index in [2.05, 4.69) is 36.4 Å². The molecule has 0 aromatic carbocycles. The van der Waals surface area contributed by atoms with Gasteiger partial charge in [0.15, 0.2) is 11.5 Å². The molecule has 0 fully saturated rings. The van der Waals surface area contributed by atoms with Crippen molar-refractivity contribution in [3.05, 3.63) is 44.4 Å². The van der Waals surface area contributed by atoms with Gasteiger partial charge in [-0.2, -0.15) is 10.3 Å². The van der Waals surface area contributed by atoms with Gasteiger partial charge < -0.3 is 18.9 Å². The molecule has 2 unspecified atom stereocenters. The van der Waals surface area contributed by atoms with Crippen LogP contribution in [0.1, 0.15) is 51.1 Å². The molecular weight excluding hydrogens is 479 g/mol. The van der Waals surface area contributed by atoms with Crippen LogP contribution in [0.4, 0.5) is 0 Å². The number of carbonyl (C=O) groups excluding carboxylic acids is 1. The maximum atomic E-state index is 11.4. The van der Waals surface area contributed by atoms with E-state index in [1.807, 2.05) is 13.8 Å². The van der Waals surface area contributed by atoms with Crippen LogP contribution in [0.25, 0.3) is 0 Å². The number of methoxy groups -OCH3 is 1. The number of H-pyrrole nitrogens is 2. The Kier molecular flexibility index (Phi) is 12.9. The van der Waals surface area contributed by atoms with Crippen molar-refractivity contribution >= 4 is 42.5 Å². The molecule has 2 rings (SSSR count). The summed E-state index contributed by atoms with van der Waals surface area (Å²) in [6.07, 6.45) is 0. The third kappa shape index (κ3) is 10.5. The lowest BCUT2D eigenvalue weighted by atomic mass is 9.93. The summed E-state index contributed by atoms with van der Waals surface area (Å²) < 4.78 is 23.3. The Hall–Kier alpha value is -2.31. The van der Waals surface area contributed by atoms with Gasteiger partial charge in [-0.1, -0.05) is 27.7 Å².